The molecule has 0 atom stereocenters. The molecule has 1 aromatic rings. The van der Waals surface area contributed by atoms with Crippen LogP contribution in [0.3, 0.4) is 0 Å². The third kappa shape index (κ3) is 2.82. The Bertz CT molecular complexity index is 664. The van der Waals surface area contributed by atoms with Crippen molar-refractivity contribution in [1.82, 2.24) is 5.32 Å². The van der Waals surface area contributed by atoms with Crippen molar-refractivity contribution in [3.8, 4) is 0 Å². The summed E-state index contributed by atoms with van der Waals surface area (Å²) in [5.74, 6) is -0.0163. The first-order chi connectivity index (χ1) is 9.48. The predicted molar refractivity (Wildman–Crippen MR) is 80.7 cm³/mol. The second-order valence-corrected chi connectivity index (χ2v) is 8.35. The molecule has 1 saturated carbocycles. The summed E-state index contributed by atoms with van der Waals surface area (Å²) < 4.78 is 22.6. The Morgan fingerprint density at radius 3 is 2.29 bits per heavy atom. The Kier molecular flexibility index (Phi) is 3.66. The second kappa shape index (κ2) is 4.81. The molecule has 5 nitrogen and oxygen atoms in total. The van der Waals surface area contributed by atoms with E-state index in [1.807, 2.05) is 0 Å². The van der Waals surface area contributed by atoms with E-state index in [0.29, 0.717) is 12.1 Å². The van der Waals surface area contributed by atoms with Crippen LogP contribution in [-0.4, -0.2) is 14.3 Å². The molecule has 0 heterocycles. The lowest BCUT2D eigenvalue weighted by Crippen LogP contribution is -2.27. The third-order valence-electron chi connectivity index (χ3n) is 4.98. The van der Waals surface area contributed by atoms with Crippen LogP contribution in [0.15, 0.2) is 29.2 Å². The van der Waals surface area contributed by atoms with Crippen LogP contribution in [0.1, 0.15) is 33.3 Å². The fourth-order valence-electron chi connectivity index (χ4n) is 2.98. The Labute approximate surface area is 126 Å². The van der Waals surface area contributed by atoms with Gasteiger partial charge in [-0.3, -0.25) is 4.79 Å². The van der Waals surface area contributed by atoms with Gasteiger partial charge in [-0.15, -0.1) is 0 Å². The number of carbonyl (C=O) groups is 1. The highest BCUT2D eigenvalue weighted by Gasteiger charge is 2.68. The SMILES string of the molecule is CC1(C)C(C(=O)NCc2cccc(S(N)(=O)=O)c2)C1(C)C. The highest BCUT2D eigenvalue weighted by molar-refractivity contribution is 7.89. The molecule has 2 rings (SSSR count). The number of amides is 1. The van der Waals surface area contributed by atoms with Crippen LogP contribution in [-0.2, 0) is 21.4 Å². The van der Waals surface area contributed by atoms with E-state index in [4.69, 9.17) is 5.14 Å². The molecule has 116 valence electrons. The average Bonchev–Trinajstić information content (AvgIpc) is 2.76. The number of carbonyl (C=O) groups excluding carboxylic acids is 1. The van der Waals surface area contributed by atoms with Gasteiger partial charge in [0.05, 0.1) is 4.90 Å². The molecule has 1 fully saturated rings. The molecule has 1 amide bonds. The molecular weight excluding hydrogens is 288 g/mol. The maximum Gasteiger partial charge on any atom is 0.238 e. The number of primary sulfonamides is 1. The molecular formula is C15H22N2O3S. The molecule has 0 unspecified atom stereocenters. The summed E-state index contributed by atoms with van der Waals surface area (Å²) in [6.07, 6.45) is 0. The van der Waals surface area contributed by atoms with Crippen molar-refractivity contribution in [3.05, 3.63) is 29.8 Å². The Hall–Kier alpha value is -1.40. The number of rotatable bonds is 4. The predicted octanol–water partition coefficient (Wildman–Crippen LogP) is 1.63. The van der Waals surface area contributed by atoms with Crippen LogP contribution in [0.4, 0.5) is 0 Å². The van der Waals surface area contributed by atoms with Crippen molar-refractivity contribution in [1.29, 1.82) is 0 Å². The van der Waals surface area contributed by atoms with Crippen LogP contribution in [0.25, 0.3) is 0 Å². The van der Waals surface area contributed by atoms with E-state index in [-0.39, 0.29) is 27.6 Å². The van der Waals surface area contributed by atoms with Crippen molar-refractivity contribution < 1.29 is 13.2 Å². The summed E-state index contributed by atoms with van der Waals surface area (Å²) in [6.45, 7) is 8.63. The molecule has 3 N–H and O–H groups in total. The monoisotopic (exact) mass is 310 g/mol. The van der Waals surface area contributed by atoms with E-state index in [9.17, 15) is 13.2 Å². The summed E-state index contributed by atoms with van der Waals surface area (Å²) in [6, 6.07) is 6.30. The van der Waals surface area contributed by atoms with Gasteiger partial charge in [0.1, 0.15) is 0 Å². The highest BCUT2D eigenvalue weighted by atomic mass is 32.2. The Morgan fingerprint density at radius 1 is 1.24 bits per heavy atom. The summed E-state index contributed by atoms with van der Waals surface area (Å²) in [5.41, 5.74) is 0.685. The minimum Gasteiger partial charge on any atom is -0.352 e. The maximum atomic E-state index is 12.2. The van der Waals surface area contributed by atoms with E-state index >= 15 is 0 Å². The molecule has 0 aliphatic heterocycles. The largest absolute Gasteiger partial charge is 0.352 e. The van der Waals surface area contributed by atoms with Crippen molar-refractivity contribution in [2.24, 2.45) is 21.9 Å². The third-order valence-corrected chi connectivity index (χ3v) is 5.89. The van der Waals surface area contributed by atoms with Gasteiger partial charge in [-0.1, -0.05) is 39.8 Å². The lowest BCUT2D eigenvalue weighted by molar-refractivity contribution is -0.123. The standard InChI is InChI=1S/C15H22N2O3S/c1-14(2)12(15(14,3)4)13(18)17-9-10-6-5-7-11(8-10)21(16,19)20/h5-8,12H,9H2,1-4H3,(H,17,18)(H2,16,19,20). The van der Waals surface area contributed by atoms with Gasteiger partial charge in [0, 0.05) is 12.5 Å². The van der Waals surface area contributed by atoms with E-state index in [2.05, 4.69) is 33.0 Å². The molecule has 0 aromatic heterocycles. The quantitative estimate of drug-likeness (QED) is 0.886. The molecule has 1 aliphatic carbocycles. The van der Waals surface area contributed by atoms with Crippen LogP contribution >= 0.6 is 0 Å². The maximum absolute atomic E-state index is 12.2. The first-order valence-electron chi connectivity index (χ1n) is 6.87. The molecule has 0 saturated heterocycles. The zero-order valence-corrected chi connectivity index (χ0v) is 13.6. The van der Waals surface area contributed by atoms with E-state index in [1.165, 1.54) is 12.1 Å². The molecule has 0 radical (unpaired) electrons. The number of nitrogens with two attached hydrogens (primary N) is 1. The fraction of sp³-hybridized carbons (Fsp3) is 0.533. The van der Waals surface area contributed by atoms with E-state index in [1.54, 1.807) is 12.1 Å². The molecule has 1 aromatic carbocycles. The lowest BCUT2D eigenvalue weighted by atomic mass is 10.0. The topological polar surface area (TPSA) is 89.3 Å². The summed E-state index contributed by atoms with van der Waals surface area (Å²) >= 11 is 0. The Balaban J connectivity index is 2.04. The first kappa shape index (κ1) is 16.0. The normalized spacial score (nSPS) is 20.0. The number of benzene rings is 1. The highest BCUT2D eigenvalue weighted by Crippen LogP contribution is 2.68. The van der Waals surface area contributed by atoms with Gasteiger partial charge in [0.2, 0.25) is 15.9 Å². The van der Waals surface area contributed by atoms with Crippen molar-refractivity contribution in [3.63, 3.8) is 0 Å². The smallest absolute Gasteiger partial charge is 0.238 e. The molecule has 1 aliphatic rings. The summed E-state index contributed by atoms with van der Waals surface area (Å²) in [7, 11) is -3.72. The van der Waals surface area contributed by atoms with Crippen LogP contribution in [0.2, 0.25) is 0 Å². The van der Waals surface area contributed by atoms with Gasteiger partial charge in [0.15, 0.2) is 0 Å². The average molecular weight is 310 g/mol. The van der Waals surface area contributed by atoms with Crippen molar-refractivity contribution >= 4 is 15.9 Å². The van der Waals surface area contributed by atoms with Gasteiger partial charge in [-0.2, -0.15) is 0 Å². The number of nitrogens with one attached hydrogen (secondary N) is 1. The minimum absolute atomic E-state index is 0.00556. The van der Waals surface area contributed by atoms with Gasteiger partial charge in [-0.25, -0.2) is 13.6 Å². The van der Waals surface area contributed by atoms with Crippen LogP contribution in [0, 0.1) is 16.7 Å². The number of sulfonamides is 1. The molecule has 0 spiro atoms. The van der Waals surface area contributed by atoms with Gasteiger partial charge < -0.3 is 5.32 Å². The van der Waals surface area contributed by atoms with E-state index in [0.717, 1.165) is 0 Å². The number of hydrogen-bond donors (Lipinski definition) is 2. The Morgan fingerprint density at radius 2 is 1.81 bits per heavy atom. The first-order valence-corrected chi connectivity index (χ1v) is 8.42. The second-order valence-electron chi connectivity index (χ2n) is 6.79. The van der Waals surface area contributed by atoms with Gasteiger partial charge >= 0.3 is 0 Å². The zero-order chi connectivity index (χ0) is 16.1. The van der Waals surface area contributed by atoms with Crippen molar-refractivity contribution in [2.45, 2.75) is 39.1 Å². The van der Waals surface area contributed by atoms with Gasteiger partial charge in [-0.05, 0) is 28.5 Å². The van der Waals surface area contributed by atoms with Crippen molar-refractivity contribution in [2.75, 3.05) is 0 Å². The fourth-order valence-corrected chi connectivity index (χ4v) is 3.56. The van der Waals surface area contributed by atoms with Gasteiger partial charge in [0.25, 0.3) is 0 Å². The lowest BCUT2D eigenvalue weighted by Gasteiger charge is -2.07. The van der Waals surface area contributed by atoms with Crippen LogP contribution < -0.4 is 10.5 Å². The number of hydrogen-bond acceptors (Lipinski definition) is 3. The zero-order valence-electron chi connectivity index (χ0n) is 12.8. The summed E-state index contributed by atoms with van der Waals surface area (Å²) in [5, 5.41) is 7.97. The summed E-state index contributed by atoms with van der Waals surface area (Å²) in [4.78, 5) is 12.3. The van der Waals surface area contributed by atoms with E-state index < -0.39 is 10.0 Å². The van der Waals surface area contributed by atoms with Crippen LogP contribution in [0.5, 0.6) is 0 Å². The molecule has 21 heavy (non-hydrogen) atoms. The minimum atomic E-state index is -3.72. The molecule has 0 bridgehead atoms. The molecule has 6 heteroatoms.